The average molecular weight is 460 g/mol. The summed E-state index contributed by atoms with van der Waals surface area (Å²) in [7, 11) is 0. The molecule has 3 aromatic rings. The van der Waals surface area contributed by atoms with Crippen LogP contribution in [0, 0.1) is 17.5 Å². The largest absolute Gasteiger partial charge is 0.367 e. The molecule has 0 unspecified atom stereocenters. The molecule has 0 aliphatic carbocycles. The van der Waals surface area contributed by atoms with Crippen molar-refractivity contribution in [2.75, 3.05) is 31.1 Å². The highest BCUT2D eigenvalue weighted by Crippen LogP contribution is 2.31. The smallest absolute Gasteiger partial charge is 0.257 e. The van der Waals surface area contributed by atoms with Crippen LogP contribution in [0.3, 0.4) is 0 Å². The van der Waals surface area contributed by atoms with Gasteiger partial charge in [-0.05, 0) is 42.6 Å². The molecule has 0 saturated carbocycles. The first-order chi connectivity index (χ1) is 15.5. The first kappa shape index (κ1) is 22.4. The van der Waals surface area contributed by atoms with E-state index >= 15 is 0 Å². The lowest BCUT2D eigenvalue weighted by Crippen LogP contribution is -2.52. The molecule has 0 radical (unpaired) electrons. The number of thiophene rings is 1. The molecule has 1 aliphatic heterocycles. The predicted molar refractivity (Wildman–Crippen MR) is 121 cm³/mol. The number of carbonyl (C=O) groups excluding carboxylic acids is 1. The van der Waals surface area contributed by atoms with E-state index in [2.05, 4.69) is 10.2 Å². The molecule has 1 fully saturated rings. The van der Waals surface area contributed by atoms with Gasteiger partial charge in [-0.1, -0.05) is 24.3 Å². The number of hydrogen-bond donors (Lipinski definition) is 1. The fourth-order valence-corrected chi connectivity index (χ4v) is 5.19. The minimum absolute atomic E-state index is 0.170. The van der Waals surface area contributed by atoms with Crippen LogP contribution in [0.1, 0.15) is 28.2 Å². The van der Waals surface area contributed by atoms with Crippen LogP contribution in [0.25, 0.3) is 0 Å². The van der Waals surface area contributed by atoms with Gasteiger partial charge in [0.2, 0.25) is 0 Å². The van der Waals surface area contributed by atoms with Gasteiger partial charge in [0.1, 0.15) is 23.0 Å². The van der Waals surface area contributed by atoms with Crippen molar-refractivity contribution in [2.24, 2.45) is 0 Å². The monoisotopic (exact) mass is 459 g/mol. The number of nitrogens with one attached hydrogen (secondary N) is 1. The standard InChI is InChI=1S/C24H24F3N3OS/c1-16(28-24(31)22-18(26)7-4-8-19(22)27)23(21-10-5-15-32-21)30-13-11-29(12-14-30)20-9-3-2-6-17(20)25/h2-10,15-16,23H,11-14H2,1H3,(H,28,31)/t16-,23+/m0/s1. The Balaban J connectivity index is 1.50. The molecule has 4 nitrogen and oxygen atoms in total. The van der Waals surface area contributed by atoms with Gasteiger partial charge in [0.05, 0.1) is 11.7 Å². The van der Waals surface area contributed by atoms with E-state index in [-0.39, 0.29) is 11.9 Å². The van der Waals surface area contributed by atoms with Gasteiger partial charge in [0, 0.05) is 37.1 Å². The van der Waals surface area contributed by atoms with Crippen LogP contribution < -0.4 is 10.2 Å². The molecule has 32 heavy (non-hydrogen) atoms. The summed E-state index contributed by atoms with van der Waals surface area (Å²) >= 11 is 1.57. The second kappa shape index (κ2) is 9.75. The predicted octanol–water partition coefficient (Wildman–Crippen LogP) is 4.85. The molecular formula is C24H24F3N3OS. The molecule has 0 spiro atoms. The minimum Gasteiger partial charge on any atom is -0.367 e. The zero-order valence-corrected chi connectivity index (χ0v) is 18.4. The SMILES string of the molecule is C[C@H](NC(=O)c1c(F)cccc1F)[C@H](c1cccs1)N1CCN(c2ccccc2F)CC1. The van der Waals surface area contributed by atoms with E-state index in [0.29, 0.717) is 31.9 Å². The summed E-state index contributed by atoms with van der Waals surface area (Å²) in [5, 5.41) is 4.75. The number of benzene rings is 2. The molecule has 1 N–H and O–H groups in total. The van der Waals surface area contributed by atoms with Crippen molar-refractivity contribution < 1.29 is 18.0 Å². The Morgan fingerprint density at radius 1 is 0.906 bits per heavy atom. The van der Waals surface area contributed by atoms with Crippen LogP contribution in [-0.2, 0) is 0 Å². The second-order valence-electron chi connectivity index (χ2n) is 7.79. The number of rotatable bonds is 6. The fraction of sp³-hybridized carbons (Fsp3) is 0.292. The second-order valence-corrected chi connectivity index (χ2v) is 8.77. The quantitative estimate of drug-likeness (QED) is 0.573. The normalized spacial score (nSPS) is 16.6. The zero-order valence-electron chi connectivity index (χ0n) is 17.6. The van der Waals surface area contributed by atoms with E-state index in [0.717, 1.165) is 17.0 Å². The number of anilines is 1. The topological polar surface area (TPSA) is 35.6 Å². The van der Waals surface area contributed by atoms with Gasteiger partial charge in [-0.2, -0.15) is 0 Å². The van der Waals surface area contributed by atoms with Crippen molar-refractivity contribution in [3.05, 3.63) is 87.9 Å². The Morgan fingerprint density at radius 2 is 1.56 bits per heavy atom. The van der Waals surface area contributed by atoms with E-state index in [1.807, 2.05) is 35.4 Å². The average Bonchev–Trinajstić information content (AvgIpc) is 3.29. The third-order valence-electron chi connectivity index (χ3n) is 5.76. The number of carbonyl (C=O) groups is 1. The van der Waals surface area contributed by atoms with Gasteiger partial charge in [0.15, 0.2) is 0 Å². The summed E-state index contributed by atoms with van der Waals surface area (Å²) < 4.78 is 42.3. The fourth-order valence-electron chi connectivity index (χ4n) is 4.22. The van der Waals surface area contributed by atoms with Crippen LogP contribution in [0.5, 0.6) is 0 Å². The molecular weight excluding hydrogens is 435 g/mol. The van der Waals surface area contributed by atoms with Crippen LogP contribution >= 0.6 is 11.3 Å². The lowest BCUT2D eigenvalue weighted by molar-refractivity contribution is 0.0882. The lowest BCUT2D eigenvalue weighted by atomic mass is 10.0. The number of hydrogen-bond acceptors (Lipinski definition) is 4. The summed E-state index contributed by atoms with van der Waals surface area (Å²) in [6.07, 6.45) is 0. The van der Waals surface area contributed by atoms with E-state index in [1.54, 1.807) is 23.5 Å². The first-order valence-electron chi connectivity index (χ1n) is 10.5. The van der Waals surface area contributed by atoms with Crippen molar-refractivity contribution in [2.45, 2.75) is 19.0 Å². The summed E-state index contributed by atoms with van der Waals surface area (Å²) in [6, 6.07) is 13.4. The number of halogens is 3. The van der Waals surface area contributed by atoms with E-state index < -0.39 is 29.1 Å². The molecule has 1 saturated heterocycles. The van der Waals surface area contributed by atoms with Crippen molar-refractivity contribution in [3.63, 3.8) is 0 Å². The van der Waals surface area contributed by atoms with Crippen molar-refractivity contribution in [1.29, 1.82) is 0 Å². The third-order valence-corrected chi connectivity index (χ3v) is 6.70. The molecule has 2 heterocycles. The number of amides is 1. The zero-order chi connectivity index (χ0) is 22.7. The summed E-state index contributed by atoms with van der Waals surface area (Å²) in [5.74, 6) is -2.80. The number of nitrogens with zero attached hydrogens (tertiary/aromatic N) is 2. The summed E-state index contributed by atoms with van der Waals surface area (Å²) in [4.78, 5) is 18.0. The highest BCUT2D eigenvalue weighted by molar-refractivity contribution is 7.10. The Labute approximate surface area is 189 Å². The van der Waals surface area contributed by atoms with Crippen LogP contribution in [0.4, 0.5) is 18.9 Å². The molecule has 1 aromatic heterocycles. The van der Waals surface area contributed by atoms with E-state index in [9.17, 15) is 18.0 Å². The van der Waals surface area contributed by atoms with Gasteiger partial charge in [0.25, 0.3) is 5.91 Å². The number of piperazine rings is 1. The number of para-hydroxylation sites is 1. The van der Waals surface area contributed by atoms with Gasteiger partial charge < -0.3 is 10.2 Å². The highest BCUT2D eigenvalue weighted by atomic mass is 32.1. The molecule has 4 rings (SSSR count). The maximum absolute atomic E-state index is 14.2. The molecule has 168 valence electrons. The van der Waals surface area contributed by atoms with Crippen LogP contribution in [0.2, 0.25) is 0 Å². The molecule has 1 aliphatic rings. The van der Waals surface area contributed by atoms with E-state index in [1.165, 1.54) is 12.1 Å². The molecule has 1 amide bonds. The van der Waals surface area contributed by atoms with Crippen molar-refractivity contribution >= 4 is 22.9 Å². The molecule has 0 bridgehead atoms. The molecule has 8 heteroatoms. The van der Waals surface area contributed by atoms with Gasteiger partial charge in [-0.15, -0.1) is 11.3 Å². The van der Waals surface area contributed by atoms with E-state index in [4.69, 9.17) is 0 Å². The summed E-state index contributed by atoms with van der Waals surface area (Å²) in [6.45, 7) is 4.41. The van der Waals surface area contributed by atoms with Crippen LogP contribution in [-0.4, -0.2) is 43.0 Å². The van der Waals surface area contributed by atoms with Crippen molar-refractivity contribution in [1.82, 2.24) is 10.2 Å². The molecule has 2 atom stereocenters. The Hall–Kier alpha value is -2.84. The third kappa shape index (κ3) is 4.66. The minimum atomic E-state index is -0.888. The maximum Gasteiger partial charge on any atom is 0.257 e. The Kier molecular flexibility index (Phi) is 6.81. The van der Waals surface area contributed by atoms with Crippen LogP contribution in [0.15, 0.2) is 60.0 Å². The maximum atomic E-state index is 14.2. The summed E-state index contributed by atoms with van der Waals surface area (Å²) in [5.41, 5.74) is 0.00449. The van der Waals surface area contributed by atoms with Crippen molar-refractivity contribution in [3.8, 4) is 0 Å². The lowest BCUT2D eigenvalue weighted by Gasteiger charge is -2.42. The highest BCUT2D eigenvalue weighted by Gasteiger charge is 2.32. The Bertz CT molecular complexity index is 1050. The van der Waals surface area contributed by atoms with Gasteiger partial charge >= 0.3 is 0 Å². The molecule has 2 aromatic carbocycles. The first-order valence-corrected chi connectivity index (χ1v) is 11.4. The van der Waals surface area contributed by atoms with Gasteiger partial charge in [-0.25, -0.2) is 13.2 Å². The van der Waals surface area contributed by atoms with Gasteiger partial charge in [-0.3, -0.25) is 9.69 Å². The Morgan fingerprint density at radius 3 is 2.19 bits per heavy atom.